The van der Waals surface area contributed by atoms with Gasteiger partial charge in [0.2, 0.25) is 15.9 Å². The molecule has 1 amide bonds. The number of aryl methyl sites for hydroxylation is 3. The lowest BCUT2D eigenvalue weighted by Gasteiger charge is -2.20. The van der Waals surface area contributed by atoms with Crippen molar-refractivity contribution in [2.75, 3.05) is 12.4 Å². The molecule has 2 N–H and O–H groups in total. The summed E-state index contributed by atoms with van der Waals surface area (Å²) in [5, 5.41) is 2.88. The van der Waals surface area contributed by atoms with Crippen LogP contribution in [0.15, 0.2) is 71.6 Å². The average Bonchev–Trinajstić information content (AvgIpc) is 2.75. The zero-order valence-corrected chi connectivity index (χ0v) is 19.5. The minimum Gasteiger partial charge on any atom is -0.496 e. The third-order valence-corrected chi connectivity index (χ3v) is 6.68. The number of carbonyl (C=O) groups excluding carboxylic acids is 1. The van der Waals surface area contributed by atoms with Gasteiger partial charge < -0.3 is 10.1 Å². The summed E-state index contributed by atoms with van der Waals surface area (Å²) in [6, 6.07) is 18.6. The summed E-state index contributed by atoms with van der Waals surface area (Å²) in [5.41, 5.74) is 4.18. The number of ether oxygens (including phenoxy) is 1. The molecule has 1 atom stereocenters. The van der Waals surface area contributed by atoms with Crippen LogP contribution in [0.3, 0.4) is 0 Å². The maximum Gasteiger partial charge on any atom is 0.242 e. The normalized spacial score (nSPS) is 12.2. The Kier molecular flexibility index (Phi) is 7.33. The van der Waals surface area contributed by atoms with Crippen LogP contribution >= 0.6 is 0 Å². The van der Waals surface area contributed by atoms with E-state index < -0.39 is 22.0 Å². The molecule has 3 rings (SSSR count). The molecule has 0 aliphatic rings. The summed E-state index contributed by atoms with van der Waals surface area (Å²) in [5.74, 6) is 0.173. The Morgan fingerprint density at radius 3 is 2.28 bits per heavy atom. The van der Waals surface area contributed by atoms with Gasteiger partial charge in [0, 0.05) is 5.69 Å². The summed E-state index contributed by atoms with van der Waals surface area (Å²) in [7, 11) is -2.42. The van der Waals surface area contributed by atoms with Gasteiger partial charge in [0.15, 0.2) is 0 Å². The van der Waals surface area contributed by atoms with Gasteiger partial charge in [0.05, 0.1) is 12.0 Å². The second kappa shape index (κ2) is 9.97. The van der Waals surface area contributed by atoms with Crippen LogP contribution in [-0.4, -0.2) is 27.5 Å². The number of methoxy groups -OCH3 is 1. The van der Waals surface area contributed by atoms with E-state index in [9.17, 15) is 13.2 Å². The van der Waals surface area contributed by atoms with Crippen molar-refractivity contribution >= 4 is 21.6 Å². The first-order valence-electron chi connectivity index (χ1n) is 10.3. The first-order valence-corrected chi connectivity index (χ1v) is 11.8. The molecule has 1 unspecified atom stereocenters. The number of hydrogen-bond acceptors (Lipinski definition) is 4. The Morgan fingerprint density at radius 2 is 1.66 bits per heavy atom. The highest BCUT2D eigenvalue weighted by Gasteiger charge is 2.27. The van der Waals surface area contributed by atoms with E-state index in [2.05, 4.69) is 10.0 Å². The Labute approximate surface area is 189 Å². The van der Waals surface area contributed by atoms with Crippen molar-refractivity contribution < 1.29 is 17.9 Å². The SMILES string of the molecule is COc1ccc(S(=O)(=O)NC(Cc2ccccc2)C(=O)Nc2ccc(C)cc2C)cc1C. The van der Waals surface area contributed by atoms with Gasteiger partial charge in [-0.15, -0.1) is 0 Å². The topological polar surface area (TPSA) is 84.5 Å². The molecule has 0 saturated heterocycles. The van der Waals surface area contributed by atoms with Gasteiger partial charge in [-0.3, -0.25) is 4.79 Å². The molecule has 0 heterocycles. The van der Waals surface area contributed by atoms with Crippen molar-refractivity contribution in [2.24, 2.45) is 0 Å². The highest BCUT2D eigenvalue weighted by Crippen LogP contribution is 2.22. The van der Waals surface area contributed by atoms with Crippen LogP contribution in [-0.2, 0) is 21.2 Å². The molecule has 6 nitrogen and oxygen atoms in total. The molecule has 32 heavy (non-hydrogen) atoms. The van der Waals surface area contributed by atoms with Gasteiger partial charge in [0.25, 0.3) is 0 Å². The van der Waals surface area contributed by atoms with E-state index in [0.717, 1.165) is 16.7 Å². The van der Waals surface area contributed by atoms with Gasteiger partial charge in [-0.25, -0.2) is 8.42 Å². The van der Waals surface area contributed by atoms with E-state index in [1.807, 2.05) is 62.4 Å². The molecule has 0 spiro atoms. The van der Waals surface area contributed by atoms with Crippen LogP contribution in [0.4, 0.5) is 5.69 Å². The molecule has 0 aromatic heterocycles. The number of benzene rings is 3. The molecular formula is C25H28N2O4S. The van der Waals surface area contributed by atoms with E-state index in [1.165, 1.54) is 19.2 Å². The fourth-order valence-corrected chi connectivity index (χ4v) is 4.76. The van der Waals surface area contributed by atoms with Gasteiger partial charge in [-0.1, -0.05) is 48.0 Å². The molecule has 0 fully saturated rings. The third-order valence-electron chi connectivity index (χ3n) is 5.21. The summed E-state index contributed by atoms with van der Waals surface area (Å²) in [6.45, 7) is 5.65. The van der Waals surface area contributed by atoms with Gasteiger partial charge in [0.1, 0.15) is 11.8 Å². The Morgan fingerprint density at radius 1 is 0.938 bits per heavy atom. The van der Waals surface area contributed by atoms with Crippen LogP contribution in [0, 0.1) is 20.8 Å². The van der Waals surface area contributed by atoms with Crippen LogP contribution < -0.4 is 14.8 Å². The number of carbonyl (C=O) groups is 1. The lowest BCUT2D eigenvalue weighted by Crippen LogP contribution is -2.45. The van der Waals surface area contributed by atoms with Crippen LogP contribution in [0.1, 0.15) is 22.3 Å². The summed E-state index contributed by atoms with van der Waals surface area (Å²) in [6.07, 6.45) is 0.214. The number of nitrogens with one attached hydrogen (secondary N) is 2. The van der Waals surface area contributed by atoms with Crippen LogP contribution in [0.5, 0.6) is 5.75 Å². The lowest BCUT2D eigenvalue weighted by atomic mass is 10.1. The second-order valence-electron chi connectivity index (χ2n) is 7.80. The Balaban J connectivity index is 1.89. The molecule has 0 bridgehead atoms. The van der Waals surface area contributed by atoms with Crippen molar-refractivity contribution in [3.63, 3.8) is 0 Å². The maximum atomic E-state index is 13.2. The van der Waals surface area contributed by atoms with E-state index >= 15 is 0 Å². The third kappa shape index (κ3) is 5.75. The van der Waals surface area contributed by atoms with Gasteiger partial charge >= 0.3 is 0 Å². The van der Waals surface area contributed by atoms with Crippen molar-refractivity contribution in [1.82, 2.24) is 4.72 Å². The molecule has 168 valence electrons. The number of amides is 1. The summed E-state index contributed by atoms with van der Waals surface area (Å²) in [4.78, 5) is 13.2. The average molecular weight is 453 g/mol. The standard InChI is InChI=1S/C25H28N2O4S/c1-17-10-12-22(18(2)14-17)26-25(28)23(16-20-8-6-5-7-9-20)27-32(29,30)21-11-13-24(31-4)19(3)15-21/h5-15,23,27H,16H2,1-4H3,(H,26,28). The summed E-state index contributed by atoms with van der Waals surface area (Å²) < 4.78 is 34.1. The highest BCUT2D eigenvalue weighted by atomic mass is 32.2. The smallest absolute Gasteiger partial charge is 0.242 e. The van der Waals surface area contributed by atoms with Crippen molar-refractivity contribution in [1.29, 1.82) is 0 Å². The molecule has 3 aromatic carbocycles. The van der Waals surface area contributed by atoms with E-state index in [4.69, 9.17) is 4.74 Å². The number of anilines is 1. The largest absolute Gasteiger partial charge is 0.496 e. The van der Waals surface area contributed by atoms with Crippen LogP contribution in [0.2, 0.25) is 0 Å². The van der Waals surface area contributed by atoms with Gasteiger partial charge in [-0.05, 0) is 68.1 Å². The van der Waals surface area contributed by atoms with E-state index in [0.29, 0.717) is 17.0 Å². The quantitative estimate of drug-likeness (QED) is 0.538. The number of sulfonamides is 1. The minimum absolute atomic E-state index is 0.0770. The summed E-state index contributed by atoms with van der Waals surface area (Å²) >= 11 is 0. The van der Waals surface area contributed by atoms with Crippen molar-refractivity contribution in [3.05, 3.63) is 89.0 Å². The lowest BCUT2D eigenvalue weighted by molar-refractivity contribution is -0.117. The molecule has 7 heteroatoms. The van der Waals surface area contributed by atoms with E-state index in [-0.39, 0.29) is 11.3 Å². The fraction of sp³-hybridized carbons (Fsp3) is 0.240. The molecule has 3 aromatic rings. The van der Waals surface area contributed by atoms with Crippen molar-refractivity contribution in [2.45, 2.75) is 38.1 Å². The number of hydrogen-bond donors (Lipinski definition) is 2. The Bertz CT molecular complexity index is 1210. The fourth-order valence-electron chi connectivity index (χ4n) is 3.48. The number of rotatable bonds is 8. The molecule has 0 aliphatic carbocycles. The zero-order valence-electron chi connectivity index (χ0n) is 18.7. The first kappa shape index (κ1) is 23.5. The Hall–Kier alpha value is -3.16. The van der Waals surface area contributed by atoms with Crippen molar-refractivity contribution in [3.8, 4) is 5.75 Å². The van der Waals surface area contributed by atoms with Crippen LogP contribution in [0.25, 0.3) is 0 Å². The zero-order chi connectivity index (χ0) is 23.3. The first-order chi connectivity index (χ1) is 15.2. The maximum absolute atomic E-state index is 13.2. The second-order valence-corrected chi connectivity index (χ2v) is 9.52. The van der Waals surface area contributed by atoms with E-state index in [1.54, 1.807) is 13.0 Å². The highest BCUT2D eigenvalue weighted by molar-refractivity contribution is 7.89. The minimum atomic E-state index is -3.95. The molecule has 0 radical (unpaired) electrons. The predicted molar refractivity (Wildman–Crippen MR) is 127 cm³/mol. The molecule has 0 saturated carbocycles. The monoisotopic (exact) mass is 452 g/mol. The molecule has 0 aliphatic heterocycles. The predicted octanol–water partition coefficient (Wildman–Crippen LogP) is 4.15. The molecular weight excluding hydrogens is 424 g/mol. The van der Waals surface area contributed by atoms with Gasteiger partial charge in [-0.2, -0.15) is 4.72 Å².